The molecular weight excluding hydrogens is 236 g/mol. The van der Waals surface area contributed by atoms with E-state index in [1.54, 1.807) is 38.5 Å². The number of carboxylic acids is 1. The normalized spacial score (nSPS) is 11.9. The summed E-state index contributed by atoms with van der Waals surface area (Å²) in [7, 11) is 3.11. The largest absolute Gasteiger partial charge is 0.497 e. The van der Waals surface area contributed by atoms with E-state index in [1.165, 1.54) is 0 Å². The zero-order valence-corrected chi connectivity index (χ0v) is 10.6. The minimum absolute atomic E-state index is 0.117. The van der Waals surface area contributed by atoms with E-state index in [1.807, 2.05) is 0 Å². The highest BCUT2D eigenvalue weighted by Gasteiger charge is 2.18. The average Bonchev–Trinajstić information content (AvgIpc) is 2.38. The van der Waals surface area contributed by atoms with Crippen molar-refractivity contribution in [3.63, 3.8) is 0 Å². The maximum absolute atomic E-state index is 11.0. The van der Waals surface area contributed by atoms with Crippen molar-refractivity contribution in [1.29, 1.82) is 0 Å². The minimum atomic E-state index is -0.880. The van der Waals surface area contributed by atoms with Crippen LogP contribution >= 0.6 is 0 Å². The Kier molecular flexibility index (Phi) is 6.00. The second kappa shape index (κ2) is 7.55. The molecule has 5 heteroatoms. The third-order valence-corrected chi connectivity index (χ3v) is 2.51. The van der Waals surface area contributed by atoms with E-state index in [2.05, 4.69) is 0 Å². The van der Waals surface area contributed by atoms with Crippen LogP contribution < -0.4 is 9.47 Å². The van der Waals surface area contributed by atoms with Gasteiger partial charge in [-0.25, -0.2) is 0 Å². The van der Waals surface area contributed by atoms with E-state index in [4.69, 9.17) is 19.3 Å². The molecule has 1 aromatic rings. The molecule has 0 aliphatic heterocycles. The summed E-state index contributed by atoms with van der Waals surface area (Å²) in [6.07, 6.45) is 0.426. The van der Waals surface area contributed by atoms with Crippen LogP contribution in [-0.4, -0.2) is 38.5 Å². The third-order valence-electron chi connectivity index (χ3n) is 2.51. The lowest BCUT2D eigenvalue weighted by molar-refractivity contribution is -0.143. The summed E-state index contributed by atoms with van der Waals surface area (Å²) in [4.78, 5) is 11.0. The molecule has 1 unspecified atom stereocenters. The molecule has 0 fully saturated rings. The van der Waals surface area contributed by atoms with Gasteiger partial charge < -0.3 is 19.3 Å². The van der Waals surface area contributed by atoms with Gasteiger partial charge in [0.2, 0.25) is 0 Å². The summed E-state index contributed by atoms with van der Waals surface area (Å²) in [5.74, 6) is -0.180. The number of benzene rings is 1. The van der Waals surface area contributed by atoms with Gasteiger partial charge in [0.15, 0.2) is 0 Å². The van der Waals surface area contributed by atoms with Crippen LogP contribution in [0.3, 0.4) is 0 Å². The number of carbonyl (C=O) groups is 1. The van der Waals surface area contributed by atoms with Crippen LogP contribution in [0.25, 0.3) is 0 Å². The van der Waals surface area contributed by atoms with E-state index in [-0.39, 0.29) is 6.61 Å². The van der Waals surface area contributed by atoms with Crippen LogP contribution in [-0.2, 0) is 9.53 Å². The summed E-state index contributed by atoms with van der Waals surface area (Å²) in [5.41, 5.74) is 0. The van der Waals surface area contributed by atoms with Crippen molar-refractivity contribution in [3.05, 3.63) is 24.3 Å². The van der Waals surface area contributed by atoms with E-state index in [0.29, 0.717) is 24.5 Å². The van der Waals surface area contributed by atoms with Gasteiger partial charge in [0.05, 0.1) is 13.0 Å². The molecule has 0 saturated heterocycles. The van der Waals surface area contributed by atoms with Crippen LogP contribution in [0.5, 0.6) is 11.5 Å². The molecule has 100 valence electrons. The van der Waals surface area contributed by atoms with Crippen molar-refractivity contribution in [2.24, 2.45) is 5.92 Å². The van der Waals surface area contributed by atoms with Gasteiger partial charge in [-0.3, -0.25) is 4.79 Å². The standard InChI is InChI=1S/C13H18O5/c1-16-7-6-10(13(14)15)9-18-12-5-3-4-11(8-12)17-2/h3-5,8,10H,6-7,9H2,1-2H3,(H,14,15). The fraction of sp³-hybridized carbons (Fsp3) is 0.462. The van der Waals surface area contributed by atoms with Crippen LogP contribution in [0.2, 0.25) is 0 Å². The maximum atomic E-state index is 11.0. The Hall–Kier alpha value is -1.75. The summed E-state index contributed by atoms with van der Waals surface area (Å²) < 4.78 is 15.4. The van der Waals surface area contributed by atoms with Crippen molar-refractivity contribution in [2.45, 2.75) is 6.42 Å². The monoisotopic (exact) mass is 254 g/mol. The highest BCUT2D eigenvalue weighted by molar-refractivity contribution is 5.70. The van der Waals surface area contributed by atoms with E-state index in [9.17, 15) is 4.79 Å². The van der Waals surface area contributed by atoms with Crippen LogP contribution in [0.1, 0.15) is 6.42 Å². The molecule has 1 atom stereocenters. The number of ether oxygens (including phenoxy) is 3. The smallest absolute Gasteiger partial charge is 0.310 e. The third kappa shape index (κ3) is 4.63. The summed E-state index contributed by atoms with van der Waals surface area (Å²) in [6.45, 7) is 0.518. The maximum Gasteiger partial charge on any atom is 0.310 e. The number of aliphatic carboxylic acids is 1. The van der Waals surface area contributed by atoms with Gasteiger partial charge in [-0.15, -0.1) is 0 Å². The number of rotatable bonds is 8. The molecule has 0 saturated carbocycles. The molecule has 0 heterocycles. The van der Waals surface area contributed by atoms with Crippen LogP contribution in [0.15, 0.2) is 24.3 Å². The summed E-state index contributed by atoms with van der Waals surface area (Å²) >= 11 is 0. The van der Waals surface area contributed by atoms with Crippen molar-refractivity contribution in [2.75, 3.05) is 27.4 Å². The highest BCUT2D eigenvalue weighted by atomic mass is 16.5. The van der Waals surface area contributed by atoms with Crippen LogP contribution in [0, 0.1) is 5.92 Å². The van der Waals surface area contributed by atoms with Crippen molar-refractivity contribution >= 4 is 5.97 Å². The molecular formula is C13H18O5. The summed E-state index contributed by atoms with van der Waals surface area (Å²) in [5, 5.41) is 9.02. The van der Waals surface area contributed by atoms with Crippen LogP contribution in [0.4, 0.5) is 0 Å². The molecule has 0 aromatic heterocycles. The second-order valence-electron chi connectivity index (χ2n) is 3.81. The quantitative estimate of drug-likeness (QED) is 0.766. The predicted octanol–water partition coefficient (Wildman–Crippen LogP) is 1.81. The van der Waals surface area contributed by atoms with Crippen molar-refractivity contribution in [1.82, 2.24) is 0 Å². The van der Waals surface area contributed by atoms with Gasteiger partial charge in [-0.1, -0.05) is 6.07 Å². The van der Waals surface area contributed by atoms with Gasteiger partial charge in [0.25, 0.3) is 0 Å². The first kappa shape index (κ1) is 14.3. The Labute approximate surface area is 106 Å². The molecule has 0 amide bonds. The molecule has 1 aromatic carbocycles. The molecule has 0 radical (unpaired) electrons. The Morgan fingerprint density at radius 3 is 2.67 bits per heavy atom. The zero-order chi connectivity index (χ0) is 13.4. The molecule has 1 N–H and O–H groups in total. The van der Waals surface area contributed by atoms with Crippen molar-refractivity contribution < 1.29 is 24.1 Å². The predicted molar refractivity (Wildman–Crippen MR) is 66.1 cm³/mol. The SMILES string of the molecule is COCCC(COc1cccc(OC)c1)C(=O)O. The lowest BCUT2D eigenvalue weighted by atomic mass is 10.1. The van der Waals surface area contributed by atoms with Gasteiger partial charge in [0.1, 0.15) is 18.1 Å². The lowest BCUT2D eigenvalue weighted by Crippen LogP contribution is -2.23. The van der Waals surface area contributed by atoms with E-state index < -0.39 is 11.9 Å². The lowest BCUT2D eigenvalue weighted by Gasteiger charge is -2.13. The number of carboxylic acid groups (broad SMARTS) is 1. The molecule has 0 spiro atoms. The Morgan fingerprint density at radius 1 is 1.33 bits per heavy atom. The minimum Gasteiger partial charge on any atom is -0.497 e. The first-order valence-electron chi connectivity index (χ1n) is 5.66. The number of methoxy groups -OCH3 is 2. The van der Waals surface area contributed by atoms with E-state index in [0.717, 1.165) is 0 Å². The van der Waals surface area contributed by atoms with Crippen molar-refractivity contribution in [3.8, 4) is 11.5 Å². The summed E-state index contributed by atoms with van der Waals surface area (Å²) in [6, 6.07) is 7.07. The number of hydrogen-bond donors (Lipinski definition) is 1. The Morgan fingerprint density at radius 2 is 2.06 bits per heavy atom. The molecule has 0 aliphatic carbocycles. The molecule has 18 heavy (non-hydrogen) atoms. The topological polar surface area (TPSA) is 65.0 Å². The molecule has 0 bridgehead atoms. The fourth-order valence-electron chi connectivity index (χ4n) is 1.43. The van der Waals surface area contributed by atoms with Gasteiger partial charge >= 0.3 is 5.97 Å². The van der Waals surface area contributed by atoms with Gasteiger partial charge in [-0.2, -0.15) is 0 Å². The van der Waals surface area contributed by atoms with Gasteiger partial charge in [-0.05, 0) is 18.6 Å². The highest BCUT2D eigenvalue weighted by Crippen LogP contribution is 2.19. The zero-order valence-electron chi connectivity index (χ0n) is 10.6. The van der Waals surface area contributed by atoms with E-state index >= 15 is 0 Å². The molecule has 0 aliphatic rings. The number of hydrogen-bond acceptors (Lipinski definition) is 4. The van der Waals surface area contributed by atoms with Gasteiger partial charge in [0, 0.05) is 19.8 Å². The average molecular weight is 254 g/mol. The Balaban J connectivity index is 2.52. The molecule has 5 nitrogen and oxygen atoms in total. The Bertz CT molecular complexity index is 377. The first-order chi connectivity index (χ1) is 8.67. The fourth-order valence-corrected chi connectivity index (χ4v) is 1.43. The second-order valence-corrected chi connectivity index (χ2v) is 3.81. The molecule has 1 rings (SSSR count). The first-order valence-corrected chi connectivity index (χ1v) is 5.66.